The molecule has 0 radical (unpaired) electrons. The van der Waals surface area contributed by atoms with E-state index < -0.39 is 15.8 Å². The van der Waals surface area contributed by atoms with Crippen molar-refractivity contribution in [3.63, 3.8) is 0 Å². The average molecular weight is 316 g/mol. The number of amides is 1. The van der Waals surface area contributed by atoms with Crippen molar-refractivity contribution in [2.24, 2.45) is 5.92 Å². The minimum Gasteiger partial charge on any atom is -0.349 e. The lowest BCUT2D eigenvalue weighted by molar-refractivity contribution is -0.124. The monoisotopic (exact) mass is 316 g/mol. The zero-order valence-electron chi connectivity index (χ0n) is 12.0. The van der Waals surface area contributed by atoms with Gasteiger partial charge in [-0.25, -0.2) is 13.4 Å². The maximum absolute atomic E-state index is 11.9. The Morgan fingerprint density at radius 3 is 2.70 bits per heavy atom. The standard InChI is InChI=1S/C13H20N2O3S2/c1-13(2,3)10-7-19-11(15-10)6-14-12(16)9-4-5-20(17,18)8-9/h7,9H,4-6,8H2,1-3H3,(H,14,16). The van der Waals surface area contributed by atoms with Crippen LogP contribution in [0.1, 0.15) is 37.9 Å². The molecule has 5 nitrogen and oxygen atoms in total. The summed E-state index contributed by atoms with van der Waals surface area (Å²) in [5, 5.41) is 5.64. The third-order valence-corrected chi connectivity index (χ3v) is 5.95. The second kappa shape index (κ2) is 5.44. The van der Waals surface area contributed by atoms with Gasteiger partial charge in [0, 0.05) is 10.8 Å². The predicted octanol–water partition coefficient (Wildman–Crippen LogP) is 1.49. The van der Waals surface area contributed by atoms with Gasteiger partial charge in [-0.2, -0.15) is 0 Å². The number of aromatic nitrogens is 1. The second-order valence-electron chi connectivity index (χ2n) is 6.19. The van der Waals surface area contributed by atoms with Crippen LogP contribution in [0.15, 0.2) is 5.38 Å². The molecule has 1 N–H and O–H groups in total. The normalized spacial score (nSPS) is 21.9. The molecule has 0 spiro atoms. The van der Waals surface area contributed by atoms with E-state index in [1.807, 2.05) is 5.38 Å². The molecule has 1 saturated heterocycles. The lowest BCUT2D eigenvalue weighted by Gasteiger charge is -2.14. The molecule has 112 valence electrons. The van der Waals surface area contributed by atoms with E-state index in [2.05, 4.69) is 31.1 Å². The number of hydrogen-bond donors (Lipinski definition) is 1. The van der Waals surface area contributed by atoms with Gasteiger partial charge in [0.2, 0.25) is 5.91 Å². The lowest BCUT2D eigenvalue weighted by Crippen LogP contribution is -2.31. The summed E-state index contributed by atoms with van der Waals surface area (Å²) < 4.78 is 22.7. The molecule has 1 amide bonds. The fourth-order valence-electron chi connectivity index (χ4n) is 2.05. The van der Waals surface area contributed by atoms with Gasteiger partial charge in [-0.3, -0.25) is 4.79 Å². The second-order valence-corrected chi connectivity index (χ2v) is 9.37. The zero-order chi connectivity index (χ0) is 15.0. The van der Waals surface area contributed by atoms with Crippen LogP contribution in [0.3, 0.4) is 0 Å². The van der Waals surface area contributed by atoms with Crippen LogP contribution in [-0.2, 0) is 26.6 Å². The molecule has 2 rings (SSSR count). The minimum absolute atomic E-state index is 0.00170. The smallest absolute Gasteiger partial charge is 0.224 e. The first-order chi connectivity index (χ1) is 9.17. The van der Waals surface area contributed by atoms with Crippen LogP contribution in [-0.4, -0.2) is 30.8 Å². The van der Waals surface area contributed by atoms with E-state index in [-0.39, 0.29) is 22.8 Å². The highest BCUT2D eigenvalue weighted by atomic mass is 32.2. The molecule has 1 unspecified atom stereocenters. The highest BCUT2D eigenvalue weighted by Gasteiger charge is 2.32. The fraction of sp³-hybridized carbons (Fsp3) is 0.692. The Hall–Kier alpha value is -0.950. The van der Waals surface area contributed by atoms with Crippen molar-refractivity contribution in [3.05, 3.63) is 16.1 Å². The van der Waals surface area contributed by atoms with Gasteiger partial charge in [-0.05, 0) is 6.42 Å². The zero-order valence-corrected chi connectivity index (χ0v) is 13.6. The number of nitrogens with zero attached hydrogens (tertiary/aromatic N) is 1. The van der Waals surface area contributed by atoms with Crippen LogP contribution >= 0.6 is 11.3 Å². The van der Waals surface area contributed by atoms with Crippen molar-refractivity contribution in [3.8, 4) is 0 Å². The third kappa shape index (κ3) is 3.79. The molecule has 1 aliphatic rings. The maximum Gasteiger partial charge on any atom is 0.224 e. The quantitative estimate of drug-likeness (QED) is 0.916. The largest absolute Gasteiger partial charge is 0.349 e. The number of thiazole rings is 1. The van der Waals surface area contributed by atoms with E-state index in [0.717, 1.165) is 10.7 Å². The summed E-state index contributed by atoms with van der Waals surface area (Å²) in [6.07, 6.45) is 0.430. The molecule has 20 heavy (non-hydrogen) atoms. The molecule has 1 aliphatic heterocycles. The van der Waals surface area contributed by atoms with Crippen molar-refractivity contribution in [1.29, 1.82) is 0 Å². The van der Waals surface area contributed by atoms with Gasteiger partial charge in [0.1, 0.15) is 5.01 Å². The maximum atomic E-state index is 11.9. The van der Waals surface area contributed by atoms with E-state index in [9.17, 15) is 13.2 Å². The molecule has 0 bridgehead atoms. The summed E-state index contributed by atoms with van der Waals surface area (Å²) in [4.78, 5) is 16.4. The number of sulfone groups is 1. The number of hydrogen-bond acceptors (Lipinski definition) is 5. The Kier molecular flexibility index (Phi) is 4.20. The van der Waals surface area contributed by atoms with E-state index in [4.69, 9.17) is 0 Å². The molecule has 0 aliphatic carbocycles. The van der Waals surface area contributed by atoms with E-state index in [1.165, 1.54) is 11.3 Å². The summed E-state index contributed by atoms with van der Waals surface area (Å²) in [5.74, 6) is -0.485. The summed E-state index contributed by atoms with van der Waals surface area (Å²) in [6.45, 7) is 6.64. The molecular formula is C13H20N2O3S2. The Labute approximate surface area is 123 Å². The molecule has 2 heterocycles. The van der Waals surface area contributed by atoms with Gasteiger partial charge < -0.3 is 5.32 Å². The van der Waals surface area contributed by atoms with Crippen LogP contribution in [0.2, 0.25) is 0 Å². The molecule has 1 atom stereocenters. The highest BCUT2D eigenvalue weighted by Crippen LogP contribution is 2.24. The minimum atomic E-state index is -3.01. The predicted molar refractivity (Wildman–Crippen MR) is 79.4 cm³/mol. The van der Waals surface area contributed by atoms with Crippen LogP contribution < -0.4 is 5.32 Å². The lowest BCUT2D eigenvalue weighted by atomic mass is 9.93. The van der Waals surface area contributed by atoms with Crippen LogP contribution in [0.4, 0.5) is 0 Å². The van der Waals surface area contributed by atoms with Gasteiger partial charge in [-0.15, -0.1) is 11.3 Å². The molecule has 1 fully saturated rings. The first kappa shape index (κ1) is 15.4. The number of carbonyl (C=O) groups is 1. The SMILES string of the molecule is CC(C)(C)c1csc(CNC(=O)C2CCS(=O)(=O)C2)n1. The number of nitrogens with one attached hydrogen (secondary N) is 1. The van der Waals surface area contributed by atoms with Gasteiger partial charge in [-0.1, -0.05) is 20.8 Å². The van der Waals surface area contributed by atoms with E-state index in [1.54, 1.807) is 0 Å². The molecular weight excluding hydrogens is 296 g/mol. The third-order valence-electron chi connectivity index (χ3n) is 3.34. The molecule has 7 heteroatoms. The molecule has 1 aromatic rings. The number of carbonyl (C=O) groups excluding carboxylic acids is 1. The van der Waals surface area contributed by atoms with Crippen molar-refractivity contribution < 1.29 is 13.2 Å². The Balaban J connectivity index is 1.90. The molecule has 1 aromatic heterocycles. The van der Waals surface area contributed by atoms with Crippen molar-refractivity contribution in [2.75, 3.05) is 11.5 Å². The van der Waals surface area contributed by atoms with Crippen LogP contribution in [0, 0.1) is 5.92 Å². The Bertz CT molecular complexity index is 599. The highest BCUT2D eigenvalue weighted by molar-refractivity contribution is 7.91. The van der Waals surface area contributed by atoms with Gasteiger partial charge in [0.05, 0.1) is 29.7 Å². The van der Waals surface area contributed by atoms with Crippen molar-refractivity contribution in [2.45, 2.75) is 39.2 Å². The first-order valence-electron chi connectivity index (χ1n) is 6.60. The van der Waals surface area contributed by atoms with Gasteiger partial charge >= 0.3 is 0 Å². The summed E-state index contributed by atoms with van der Waals surface area (Å²) in [5.41, 5.74) is 1.01. The number of rotatable bonds is 3. The Morgan fingerprint density at radius 2 is 2.20 bits per heavy atom. The van der Waals surface area contributed by atoms with E-state index in [0.29, 0.717) is 13.0 Å². The molecule has 0 aromatic carbocycles. The summed E-state index contributed by atoms with van der Waals surface area (Å²) >= 11 is 1.52. The first-order valence-corrected chi connectivity index (χ1v) is 9.30. The van der Waals surface area contributed by atoms with E-state index >= 15 is 0 Å². The fourth-order valence-corrected chi connectivity index (χ4v) is 4.75. The Morgan fingerprint density at radius 1 is 1.50 bits per heavy atom. The summed E-state index contributed by atoms with van der Waals surface area (Å²) in [7, 11) is -3.01. The van der Waals surface area contributed by atoms with Crippen LogP contribution in [0.25, 0.3) is 0 Å². The molecule has 0 saturated carbocycles. The van der Waals surface area contributed by atoms with Gasteiger partial charge in [0.15, 0.2) is 9.84 Å². The summed E-state index contributed by atoms with van der Waals surface area (Å²) in [6, 6.07) is 0. The van der Waals surface area contributed by atoms with Crippen molar-refractivity contribution >= 4 is 27.1 Å². The average Bonchev–Trinajstić information content (AvgIpc) is 2.91. The van der Waals surface area contributed by atoms with Crippen LogP contribution in [0.5, 0.6) is 0 Å². The topological polar surface area (TPSA) is 76.1 Å². The van der Waals surface area contributed by atoms with Crippen molar-refractivity contribution in [1.82, 2.24) is 10.3 Å². The van der Waals surface area contributed by atoms with Gasteiger partial charge in [0.25, 0.3) is 0 Å².